The first-order valence-electron chi connectivity index (χ1n) is 7.80. The van der Waals surface area contributed by atoms with Crippen LogP contribution in [0.25, 0.3) is 0 Å². The van der Waals surface area contributed by atoms with Crippen LogP contribution in [0.2, 0.25) is 0 Å². The Hall–Kier alpha value is -2.82. The second kappa shape index (κ2) is 8.15. The standard InChI is InChI=1S/C19H21NO4/c1-3-17(19(21)22)24-18-10-9-14(11-13(18)2)12-16(20-23)15-7-5-4-6-8-15/h4-11,17,23H,3,12H2,1-2H3,(H,21,22). The van der Waals surface area contributed by atoms with Gasteiger partial charge in [0.2, 0.25) is 0 Å². The van der Waals surface area contributed by atoms with Crippen LogP contribution in [0.5, 0.6) is 5.75 Å². The molecular weight excluding hydrogens is 306 g/mol. The number of carbonyl (C=O) groups is 1. The SMILES string of the molecule is CCC(Oc1ccc(CC(=NO)c2ccccc2)cc1C)C(=O)O. The van der Waals surface area contributed by atoms with Crippen LogP contribution in [-0.2, 0) is 11.2 Å². The van der Waals surface area contributed by atoms with Gasteiger partial charge in [-0.3, -0.25) is 0 Å². The molecule has 2 aromatic carbocycles. The number of nitrogens with zero attached hydrogens (tertiary/aromatic N) is 1. The van der Waals surface area contributed by atoms with Crippen LogP contribution < -0.4 is 4.74 Å². The smallest absolute Gasteiger partial charge is 0.344 e. The van der Waals surface area contributed by atoms with Gasteiger partial charge in [0.05, 0.1) is 5.71 Å². The minimum Gasteiger partial charge on any atom is -0.479 e. The highest BCUT2D eigenvalue weighted by atomic mass is 16.5. The monoisotopic (exact) mass is 327 g/mol. The van der Waals surface area contributed by atoms with Crippen LogP contribution in [-0.4, -0.2) is 28.1 Å². The molecule has 5 nitrogen and oxygen atoms in total. The Labute approximate surface area is 141 Å². The lowest BCUT2D eigenvalue weighted by Gasteiger charge is -2.16. The lowest BCUT2D eigenvalue weighted by Crippen LogP contribution is -2.26. The molecule has 0 heterocycles. The summed E-state index contributed by atoms with van der Waals surface area (Å²) in [6.07, 6.45) is 0.0114. The fourth-order valence-corrected chi connectivity index (χ4v) is 2.43. The van der Waals surface area contributed by atoms with E-state index in [9.17, 15) is 10.0 Å². The Balaban J connectivity index is 2.16. The Morgan fingerprint density at radius 3 is 2.46 bits per heavy atom. The van der Waals surface area contributed by atoms with Gasteiger partial charge < -0.3 is 15.1 Å². The topological polar surface area (TPSA) is 79.1 Å². The number of benzene rings is 2. The minimum atomic E-state index is -0.972. The summed E-state index contributed by atoms with van der Waals surface area (Å²) in [6.45, 7) is 3.64. The maximum absolute atomic E-state index is 11.1. The summed E-state index contributed by atoms with van der Waals surface area (Å²) in [7, 11) is 0. The Morgan fingerprint density at radius 1 is 1.21 bits per heavy atom. The minimum absolute atomic E-state index is 0.395. The van der Waals surface area contributed by atoms with Crippen LogP contribution in [0, 0.1) is 6.92 Å². The maximum Gasteiger partial charge on any atom is 0.344 e. The lowest BCUT2D eigenvalue weighted by molar-refractivity contribution is -0.145. The van der Waals surface area contributed by atoms with E-state index in [-0.39, 0.29) is 0 Å². The second-order valence-corrected chi connectivity index (χ2v) is 5.54. The zero-order valence-electron chi connectivity index (χ0n) is 13.8. The first kappa shape index (κ1) is 17.5. The molecule has 2 rings (SSSR count). The third-order valence-electron chi connectivity index (χ3n) is 3.75. The molecule has 24 heavy (non-hydrogen) atoms. The molecule has 0 aliphatic carbocycles. The molecule has 5 heteroatoms. The average Bonchev–Trinajstić information content (AvgIpc) is 2.59. The molecule has 1 unspecified atom stereocenters. The van der Waals surface area contributed by atoms with Crippen LogP contribution in [0.15, 0.2) is 53.7 Å². The summed E-state index contributed by atoms with van der Waals surface area (Å²) in [6, 6.07) is 15.0. The fourth-order valence-electron chi connectivity index (χ4n) is 2.43. The first-order valence-corrected chi connectivity index (χ1v) is 7.80. The number of carboxylic acid groups (broad SMARTS) is 1. The van der Waals surface area contributed by atoms with E-state index in [4.69, 9.17) is 9.84 Å². The van der Waals surface area contributed by atoms with Crippen LogP contribution in [0.3, 0.4) is 0 Å². The molecule has 0 amide bonds. The normalized spacial score (nSPS) is 12.7. The molecule has 2 aromatic rings. The third-order valence-corrected chi connectivity index (χ3v) is 3.75. The van der Waals surface area contributed by atoms with Gasteiger partial charge in [0.15, 0.2) is 6.10 Å². The number of hydrogen-bond acceptors (Lipinski definition) is 4. The van der Waals surface area contributed by atoms with Crippen molar-refractivity contribution in [1.82, 2.24) is 0 Å². The largest absolute Gasteiger partial charge is 0.479 e. The second-order valence-electron chi connectivity index (χ2n) is 5.54. The van der Waals surface area contributed by atoms with Crippen molar-refractivity contribution in [2.75, 3.05) is 0 Å². The van der Waals surface area contributed by atoms with E-state index < -0.39 is 12.1 Å². The van der Waals surface area contributed by atoms with E-state index in [2.05, 4.69) is 5.16 Å². The van der Waals surface area contributed by atoms with Gasteiger partial charge in [0, 0.05) is 6.42 Å². The van der Waals surface area contributed by atoms with Gasteiger partial charge >= 0.3 is 5.97 Å². The Bertz CT molecular complexity index is 725. The zero-order valence-corrected chi connectivity index (χ0v) is 13.8. The van der Waals surface area contributed by atoms with Gasteiger partial charge in [0.1, 0.15) is 5.75 Å². The van der Waals surface area contributed by atoms with Crippen molar-refractivity contribution in [3.05, 3.63) is 65.2 Å². The van der Waals surface area contributed by atoms with E-state index >= 15 is 0 Å². The molecule has 1 atom stereocenters. The first-order chi connectivity index (χ1) is 11.5. The molecule has 126 valence electrons. The van der Waals surface area contributed by atoms with Gasteiger partial charge in [0.25, 0.3) is 0 Å². The average molecular weight is 327 g/mol. The summed E-state index contributed by atoms with van der Waals surface area (Å²) in [5, 5.41) is 21.8. The summed E-state index contributed by atoms with van der Waals surface area (Å²) >= 11 is 0. The highest BCUT2D eigenvalue weighted by Gasteiger charge is 2.18. The van der Waals surface area contributed by atoms with Gasteiger partial charge in [-0.05, 0) is 36.1 Å². The number of ether oxygens (including phenoxy) is 1. The summed E-state index contributed by atoms with van der Waals surface area (Å²) in [5.74, 6) is -0.421. The van der Waals surface area contributed by atoms with Crippen molar-refractivity contribution in [1.29, 1.82) is 0 Å². The lowest BCUT2D eigenvalue weighted by atomic mass is 10.0. The molecule has 0 aromatic heterocycles. The molecule has 0 aliphatic rings. The Morgan fingerprint density at radius 2 is 1.92 bits per heavy atom. The molecule has 0 aliphatic heterocycles. The van der Waals surface area contributed by atoms with Crippen molar-refractivity contribution in [2.24, 2.45) is 5.16 Å². The van der Waals surface area contributed by atoms with Gasteiger partial charge in [-0.25, -0.2) is 4.79 Å². The number of rotatable bonds is 7. The highest BCUT2D eigenvalue weighted by Crippen LogP contribution is 2.22. The number of oxime groups is 1. The number of aryl methyl sites for hydroxylation is 1. The van der Waals surface area contributed by atoms with E-state index in [0.29, 0.717) is 24.3 Å². The predicted octanol–water partition coefficient (Wildman–Crippen LogP) is 3.66. The van der Waals surface area contributed by atoms with E-state index in [0.717, 1.165) is 16.7 Å². The van der Waals surface area contributed by atoms with Gasteiger partial charge in [-0.1, -0.05) is 54.5 Å². The highest BCUT2D eigenvalue weighted by molar-refractivity contribution is 6.01. The molecule has 0 fully saturated rings. The molecule has 0 saturated heterocycles. The molecule has 0 radical (unpaired) electrons. The van der Waals surface area contributed by atoms with Crippen molar-refractivity contribution in [2.45, 2.75) is 32.8 Å². The third kappa shape index (κ3) is 4.35. The van der Waals surface area contributed by atoms with Crippen molar-refractivity contribution >= 4 is 11.7 Å². The van der Waals surface area contributed by atoms with Crippen molar-refractivity contribution < 1.29 is 19.8 Å². The molecule has 0 spiro atoms. The predicted molar refractivity (Wildman–Crippen MR) is 92.0 cm³/mol. The van der Waals surface area contributed by atoms with Crippen LogP contribution in [0.1, 0.15) is 30.0 Å². The number of aliphatic carboxylic acids is 1. The maximum atomic E-state index is 11.1. The van der Waals surface area contributed by atoms with Gasteiger partial charge in [-0.2, -0.15) is 0 Å². The fraction of sp³-hybridized carbons (Fsp3) is 0.263. The van der Waals surface area contributed by atoms with Crippen LogP contribution >= 0.6 is 0 Å². The summed E-state index contributed by atoms with van der Waals surface area (Å²) in [5.41, 5.74) is 3.23. The Kier molecular flexibility index (Phi) is 5.95. The number of carboxylic acids is 1. The van der Waals surface area contributed by atoms with E-state index in [1.165, 1.54) is 0 Å². The van der Waals surface area contributed by atoms with Crippen molar-refractivity contribution in [3.8, 4) is 5.75 Å². The number of hydrogen-bond donors (Lipinski definition) is 2. The molecule has 0 bridgehead atoms. The van der Waals surface area contributed by atoms with E-state index in [1.807, 2.05) is 49.4 Å². The van der Waals surface area contributed by atoms with E-state index in [1.54, 1.807) is 13.0 Å². The van der Waals surface area contributed by atoms with Crippen molar-refractivity contribution in [3.63, 3.8) is 0 Å². The molecule has 2 N–H and O–H groups in total. The van der Waals surface area contributed by atoms with Gasteiger partial charge in [-0.15, -0.1) is 0 Å². The summed E-state index contributed by atoms with van der Waals surface area (Å²) < 4.78 is 5.55. The summed E-state index contributed by atoms with van der Waals surface area (Å²) in [4.78, 5) is 11.1. The quantitative estimate of drug-likeness (QED) is 0.462. The van der Waals surface area contributed by atoms with Crippen LogP contribution in [0.4, 0.5) is 0 Å². The molecule has 0 saturated carbocycles. The molecular formula is C19H21NO4. The zero-order chi connectivity index (χ0) is 17.5.